The van der Waals surface area contributed by atoms with Crippen LogP contribution in [-0.4, -0.2) is 26.8 Å². The molecule has 0 radical (unpaired) electrons. The number of carbonyl (C=O) groups excluding carboxylic acids is 1. The van der Waals surface area contributed by atoms with E-state index in [0.29, 0.717) is 17.7 Å². The van der Waals surface area contributed by atoms with Gasteiger partial charge in [-0.25, -0.2) is 4.79 Å². The molecule has 1 aromatic heterocycles. The van der Waals surface area contributed by atoms with E-state index in [2.05, 4.69) is 10.4 Å². The van der Waals surface area contributed by atoms with Crippen LogP contribution in [0, 0.1) is 0 Å². The van der Waals surface area contributed by atoms with Crippen molar-refractivity contribution < 1.29 is 14.7 Å². The van der Waals surface area contributed by atoms with Gasteiger partial charge in [-0.2, -0.15) is 5.10 Å². The van der Waals surface area contributed by atoms with Crippen molar-refractivity contribution in [1.82, 2.24) is 9.78 Å². The van der Waals surface area contributed by atoms with E-state index in [-0.39, 0.29) is 22.0 Å². The smallest absolute Gasteiger partial charge is 0.337 e. The number of amides is 1. The van der Waals surface area contributed by atoms with E-state index in [1.54, 1.807) is 6.20 Å². The van der Waals surface area contributed by atoms with E-state index in [1.165, 1.54) is 18.2 Å². The molecule has 1 amide bonds. The summed E-state index contributed by atoms with van der Waals surface area (Å²) in [5, 5.41) is 16.1. The minimum absolute atomic E-state index is 0.00975. The number of carboxylic acids is 1. The van der Waals surface area contributed by atoms with Crippen LogP contribution in [0.4, 0.5) is 5.69 Å². The maximum absolute atomic E-state index is 12.5. The Balaban J connectivity index is 2.29. The highest BCUT2D eigenvalue weighted by Gasteiger charge is 2.23. The molecule has 6 nitrogen and oxygen atoms in total. The average molecular weight is 350 g/mol. The summed E-state index contributed by atoms with van der Waals surface area (Å²) in [6.07, 6.45) is 2.21. The van der Waals surface area contributed by atoms with Gasteiger partial charge in [-0.1, -0.05) is 18.5 Å². The van der Waals surface area contributed by atoms with E-state index < -0.39 is 5.97 Å². The minimum atomic E-state index is -1.11. The summed E-state index contributed by atoms with van der Waals surface area (Å²) in [4.78, 5) is 23.5. The molecule has 0 spiro atoms. The van der Waals surface area contributed by atoms with E-state index >= 15 is 0 Å². The number of nitrogens with zero attached hydrogens (tertiary/aromatic N) is 2. The van der Waals surface area contributed by atoms with Gasteiger partial charge in [-0.15, -0.1) is 0 Å². The molecule has 1 aromatic carbocycles. The molecule has 0 atom stereocenters. The number of aromatic nitrogens is 2. The van der Waals surface area contributed by atoms with Crippen LogP contribution in [0.15, 0.2) is 24.4 Å². The maximum atomic E-state index is 12.5. The second kappa shape index (κ2) is 6.65. The summed E-state index contributed by atoms with van der Waals surface area (Å²) < 4.78 is 1.84. The Morgan fingerprint density at radius 2 is 1.96 bits per heavy atom. The third-order valence-electron chi connectivity index (χ3n) is 3.54. The van der Waals surface area contributed by atoms with Crippen molar-refractivity contribution >= 4 is 29.2 Å². The van der Waals surface area contributed by atoms with E-state index in [1.807, 2.05) is 32.4 Å². The molecule has 0 aliphatic carbocycles. The molecule has 24 heavy (non-hydrogen) atoms. The van der Waals surface area contributed by atoms with Crippen molar-refractivity contribution in [3.8, 4) is 0 Å². The van der Waals surface area contributed by atoms with Crippen LogP contribution in [0.2, 0.25) is 5.02 Å². The zero-order chi connectivity index (χ0) is 18.1. The van der Waals surface area contributed by atoms with Gasteiger partial charge in [-0.3, -0.25) is 9.48 Å². The molecule has 0 bridgehead atoms. The molecule has 128 valence electrons. The van der Waals surface area contributed by atoms with Gasteiger partial charge >= 0.3 is 5.97 Å². The first-order valence-electron chi connectivity index (χ1n) is 7.56. The zero-order valence-corrected chi connectivity index (χ0v) is 14.8. The van der Waals surface area contributed by atoms with Crippen LogP contribution in [0.3, 0.4) is 0 Å². The molecule has 0 aliphatic heterocycles. The fourth-order valence-corrected chi connectivity index (χ4v) is 2.71. The number of anilines is 1. The van der Waals surface area contributed by atoms with Gasteiger partial charge in [0.05, 0.1) is 33.6 Å². The molecule has 0 aliphatic rings. The Morgan fingerprint density at radius 3 is 2.46 bits per heavy atom. The predicted molar refractivity (Wildman–Crippen MR) is 93.0 cm³/mol. The first kappa shape index (κ1) is 18.0. The number of carboxylic acid groups (broad SMARTS) is 1. The van der Waals surface area contributed by atoms with Crippen molar-refractivity contribution in [2.24, 2.45) is 0 Å². The number of hydrogen-bond donors (Lipinski definition) is 2. The van der Waals surface area contributed by atoms with Crippen LogP contribution in [-0.2, 0) is 12.0 Å². The lowest BCUT2D eigenvalue weighted by atomic mass is 10.1. The number of aromatic carboxylic acids is 1. The molecular weight excluding hydrogens is 330 g/mol. The molecule has 0 fully saturated rings. The summed E-state index contributed by atoms with van der Waals surface area (Å²) in [6.45, 7) is 8.02. The molecule has 7 heteroatoms. The SMILES string of the molecule is CCc1c(C(=O)Nc2ccc(C(=O)O)c(Cl)c2)cnn1C(C)(C)C. The molecule has 2 N–H and O–H groups in total. The van der Waals surface area contributed by atoms with Crippen LogP contribution in [0.25, 0.3) is 0 Å². The van der Waals surface area contributed by atoms with Gasteiger partial charge < -0.3 is 10.4 Å². The van der Waals surface area contributed by atoms with Crippen LogP contribution < -0.4 is 5.32 Å². The number of rotatable bonds is 4. The normalized spacial score (nSPS) is 11.4. The lowest BCUT2D eigenvalue weighted by molar-refractivity contribution is 0.0697. The molecule has 2 rings (SSSR count). The fourth-order valence-electron chi connectivity index (χ4n) is 2.45. The molecule has 2 aromatic rings. The summed E-state index contributed by atoms with van der Waals surface area (Å²) in [5.74, 6) is -1.42. The second-order valence-electron chi connectivity index (χ2n) is 6.40. The number of hydrogen-bond acceptors (Lipinski definition) is 3. The largest absolute Gasteiger partial charge is 0.478 e. The minimum Gasteiger partial charge on any atom is -0.478 e. The lowest BCUT2D eigenvalue weighted by Crippen LogP contribution is -2.26. The number of nitrogens with one attached hydrogen (secondary N) is 1. The summed E-state index contributed by atoms with van der Waals surface area (Å²) in [6, 6.07) is 4.29. The van der Waals surface area contributed by atoms with Crippen molar-refractivity contribution in [3.63, 3.8) is 0 Å². The highest BCUT2D eigenvalue weighted by Crippen LogP contribution is 2.23. The van der Waals surface area contributed by atoms with Crippen molar-refractivity contribution in [2.75, 3.05) is 5.32 Å². The monoisotopic (exact) mass is 349 g/mol. The van der Waals surface area contributed by atoms with Crippen molar-refractivity contribution in [3.05, 3.63) is 46.2 Å². The van der Waals surface area contributed by atoms with Gasteiger partial charge in [-0.05, 0) is 45.4 Å². The second-order valence-corrected chi connectivity index (χ2v) is 6.80. The summed E-state index contributed by atoms with van der Waals surface area (Å²) in [7, 11) is 0. The van der Waals surface area contributed by atoms with Crippen LogP contribution in [0.1, 0.15) is 54.1 Å². The Kier molecular flexibility index (Phi) is 4.99. The Labute approximate surface area is 145 Å². The highest BCUT2D eigenvalue weighted by atomic mass is 35.5. The third-order valence-corrected chi connectivity index (χ3v) is 3.85. The number of halogens is 1. The predicted octanol–water partition coefficient (Wildman–Crippen LogP) is 3.80. The van der Waals surface area contributed by atoms with Crippen molar-refractivity contribution in [1.29, 1.82) is 0 Å². The van der Waals surface area contributed by atoms with E-state index in [0.717, 1.165) is 5.69 Å². The van der Waals surface area contributed by atoms with Crippen molar-refractivity contribution in [2.45, 2.75) is 39.7 Å². The number of benzene rings is 1. The first-order valence-corrected chi connectivity index (χ1v) is 7.94. The fraction of sp³-hybridized carbons (Fsp3) is 0.353. The van der Waals surface area contributed by atoms with Gasteiger partial charge in [0.15, 0.2) is 0 Å². The zero-order valence-electron chi connectivity index (χ0n) is 14.1. The standard InChI is InChI=1S/C17H20ClN3O3/c1-5-14-12(9-19-21(14)17(2,3)4)15(22)20-10-6-7-11(16(23)24)13(18)8-10/h6-9H,5H2,1-4H3,(H,20,22)(H,23,24). The summed E-state index contributed by atoms with van der Waals surface area (Å²) >= 11 is 5.93. The van der Waals surface area contributed by atoms with E-state index in [9.17, 15) is 9.59 Å². The van der Waals surface area contributed by atoms with Gasteiger partial charge in [0.25, 0.3) is 5.91 Å². The molecular formula is C17H20ClN3O3. The van der Waals surface area contributed by atoms with Gasteiger partial charge in [0.1, 0.15) is 0 Å². The molecule has 0 unspecified atom stereocenters. The molecule has 0 saturated heterocycles. The van der Waals surface area contributed by atoms with Gasteiger partial charge in [0.2, 0.25) is 0 Å². The average Bonchev–Trinajstić information content (AvgIpc) is 2.90. The topological polar surface area (TPSA) is 84.2 Å². The first-order chi connectivity index (χ1) is 11.1. The van der Waals surface area contributed by atoms with Crippen LogP contribution in [0.5, 0.6) is 0 Å². The lowest BCUT2D eigenvalue weighted by Gasteiger charge is -2.22. The number of carbonyl (C=O) groups is 2. The third kappa shape index (κ3) is 3.59. The quantitative estimate of drug-likeness (QED) is 0.879. The molecule has 1 heterocycles. The van der Waals surface area contributed by atoms with Gasteiger partial charge in [0, 0.05) is 5.69 Å². The Morgan fingerprint density at radius 1 is 1.29 bits per heavy atom. The van der Waals surface area contributed by atoms with Crippen LogP contribution >= 0.6 is 11.6 Å². The highest BCUT2D eigenvalue weighted by molar-refractivity contribution is 6.33. The van der Waals surface area contributed by atoms with E-state index in [4.69, 9.17) is 16.7 Å². The summed E-state index contributed by atoms with van der Waals surface area (Å²) in [5.41, 5.74) is 1.53. The Bertz CT molecular complexity index is 791. The maximum Gasteiger partial charge on any atom is 0.337 e. The Hall–Kier alpha value is -2.34. The molecule has 0 saturated carbocycles.